The minimum atomic E-state index is 0.208. The first kappa shape index (κ1) is 31.7. The van der Waals surface area contributed by atoms with Crippen LogP contribution >= 0.6 is 0 Å². The fourth-order valence-corrected chi connectivity index (χ4v) is 6.52. The second-order valence-corrected chi connectivity index (χ2v) is 11.2. The van der Waals surface area contributed by atoms with Crippen LogP contribution in [0.4, 0.5) is 0 Å². The van der Waals surface area contributed by atoms with Gasteiger partial charge in [-0.2, -0.15) is 0 Å². The van der Waals surface area contributed by atoms with E-state index in [4.69, 9.17) is 0 Å². The van der Waals surface area contributed by atoms with Gasteiger partial charge < -0.3 is 0 Å². The summed E-state index contributed by atoms with van der Waals surface area (Å²) in [6, 6.07) is 20.0. The zero-order valence-corrected chi connectivity index (χ0v) is 26.2. The number of H-pyrrole nitrogens is 1. The van der Waals surface area contributed by atoms with E-state index in [1.54, 1.807) is 0 Å². The normalized spacial score (nSPS) is 17.7. The number of aromatic nitrogens is 1. The van der Waals surface area contributed by atoms with Gasteiger partial charge >= 0.3 is 74.3 Å². The van der Waals surface area contributed by atoms with Gasteiger partial charge in [0.25, 0.3) is 0 Å². The van der Waals surface area contributed by atoms with Crippen molar-refractivity contribution in [3.8, 4) is 0 Å². The van der Waals surface area contributed by atoms with Gasteiger partial charge in [0.2, 0.25) is 0 Å². The van der Waals surface area contributed by atoms with Crippen molar-refractivity contribution in [1.29, 1.82) is 0 Å². The van der Waals surface area contributed by atoms with Crippen LogP contribution in [0.5, 0.6) is 0 Å². The molecule has 4 rings (SSSR count). The van der Waals surface area contributed by atoms with Crippen molar-refractivity contribution in [2.24, 2.45) is 0 Å². The molecule has 0 saturated heterocycles. The van der Waals surface area contributed by atoms with Crippen LogP contribution in [0.1, 0.15) is 23.2 Å². The summed E-state index contributed by atoms with van der Waals surface area (Å²) in [5.74, 6) is 0. The van der Waals surface area contributed by atoms with Gasteiger partial charge in [-0.1, -0.05) is 60.7 Å². The molecule has 0 fully saturated rings. The summed E-state index contributed by atoms with van der Waals surface area (Å²) >= 11 is 1.45. The molecule has 2 aromatic carbocycles. The second-order valence-electron chi connectivity index (χ2n) is 9.87. The van der Waals surface area contributed by atoms with Crippen LogP contribution in [0.25, 0.3) is 10.9 Å². The molecule has 0 aliphatic heterocycles. The van der Waals surface area contributed by atoms with E-state index in [0.717, 1.165) is 39.3 Å². The third kappa shape index (κ3) is 7.68. The van der Waals surface area contributed by atoms with E-state index in [9.17, 15) is 0 Å². The minimum absolute atomic E-state index is 0.208. The van der Waals surface area contributed by atoms with Crippen molar-refractivity contribution >= 4 is 14.3 Å². The second kappa shape index (κ2) is 16.4. The van der Waals surface area contributed by atoms with Gasteiger partial charge in [-0.15, -0.1) is 39.5 Å². The first-order valence-electron chi connectivity index (χ1n) is 13.8. The summed E-state index contributed by atoms with van der Waals surface area (Å²) < 4.78 is 1.31. The van der Waals surface area contributed by atoms with Crippen LogP contribution in [0, 0.1) is 0 Å². The number of aromatic amines is 1. The van der Waals surface area contributed by atoms with E-state index >= 15 is 0 Å². The van der Waals surface area contributed by atoms with Crippen molar-refractivity contribution in [1.82, 2.24) is 19.7 Å². The Bertz CT molecular complexity index is 1180. The van der Waals surface area contributed by atoms with Crippen molar-refractivity contribution in [3.63, 3.8) is 0 Å². The average Bonchev–Trinajstić information content (AvgIpc) is 3.50. The predicted octanol–water partition coefficient (Wildman–Crippen LogP) is 6.51. The zero-order chi connectivity index (χ0) is 28.9. The van der Waals surface area contributed by atoms with Crippen LogP contribution in [-0.4, -0.2) is 65.0 Å². The molecule has 1 heterocycles. The van der Waals surface area contributed by atoms with E-state index in [-0.39, 0.29) is 18.1 Å². The van der Waals surface area contributed by atoms with Gasteiger partial charge in [-0.05, 0) is 11.1 Å². The number of hydrogen-bond acceptors (Lipinski definition) is 3. The van der Waals surface area contributed by atoms with Crippen LogP contribution < -0.4 is 3.40 Å². The van der Waals surface area contributed by atoms with Gasteiger partial charge in [0.1, 0.15) is 0 Å². The summed E-state index contributed by atoms with van der Waals surface area (Å²) in [4.78, 5) is 10.7. The standard InChI is InChI=1S/C27H37N3.C8H6N.Zr/c1-7-17-28(18-8-2)25-23-15-13-14-16-24(23)26(29(19-9-3)20-10-4)27(25)30(21-11-5)22-12-6;1-2-4-8-7(3-1)5-6-9-8;/h7-16,25-27H,1-6,17-22H2;1-5,9H;. The third-order valence-electron chi connectivity index (χ3n) is 7.20. The summed E-state index contributed by atoms with van der Waals surface area (Å²) in [5, 5.41) is 1.31. The molecule has 1 aliphatic rings. The molecule has 0 saturated carbocycles. The van der Waals surface area contributed by atoms with E-state index in [1.165, 1.54) is 50.2 Å². The molecule has 1 aliphatic carbocycles. The Balaban J connectivity index is 0.000000364. The number of nitrogens with one attached hydrogen (secondary N) is 1. The fourth-order valence-electron chi connectivity index (χ4n) is 5.80. The molecule has 2 unspecified atom stereocenters. The Morgan fingerprint density at radius 3 is 1.43 bits per heavy atom. The molecule has 3 aromatic rings. The molecule has 0 amide bonds. The Morgan fingerprint density at radius 2 is 1.00 bits per heavy atom. The van der Waals surface area contributed by atoms with Gasteiger partial charge in [0.05, 0.1) is 12.1 Å². The molecule has 5 heteroatoms. The average molecular weight is 611 g/mol. The molecule has 1 aromatic heterocycles. The van der Waals surface area contributed by atoms with Crippen molar-refractivity contribution in [3.05, 3.63) is 142 Å². The Hall–Kier alpha value is -2.82. The van der Waals surface area contributed by atoms with Crippen molar-refractivity contribution < 1.29 is 24.7 Å². The number of nitrogens with zero attached hydrogens (tertiary/aromatic N) is 3. The maximum absolute atomic E-state index is 4.02. The van der Waals surface area contributed by atoms with Gasteiger partial charge in [-0.25, -0.2) is 0 Å². The number of rotatable bonds is 15. The Kier molecular flexibility index (Phi) is 13.0. The summed E-state index contributed by atoms with van der Waals surface area (Å²) in [7, 11) is 0. The fraction of sp³-hybridized carbons (Fsp3) is 0.257. The Morgan fingerprint density at radius 1 is 0.600 bits per heavy atom. The topological polar surface area (TPSA) is 25.5 Å². The SMILES string of the molecule is C=CCN(CC=C)C1c2ccccc2C(N(CC=C)CC=C)C1N(CC=C)CC=C.[Zr][c]1cc2ccccc2[nH]1. The number of benzene rings is 2. The molecule has 0 bridgehead atoms. The summed E-state index contributed by atoms with van der Waals surface area (Å²) in [6.45, 7) is 28.9. The first-order chi connectivity index (χ1) is 19.5. The van der Waals surface area contributed by atoms with E-state index in [0.29, 0.717) is 0 Å². The molecule has 4 nitrogen and oxygen atoms in total. The molecular formula is C35H43N4Zr. The maximum atomic E-state index is 4.02. The van der Waals surface area contributed by atoms with Crippen LogP contribution in [-0.2, 0) is 24.7 Å². The molecular weight excluding hydrogens is 568 g/mol. The van der Waals surface area contributed by atoms with Gasteiger partial charge in [-0.3, -0.25) is 14.7 Å². The van der Waals surface area contributed by atoms with Crippen molar-refractivity contribution in [2.45, 2.75) is 18.1 Å². The van der Waals surface area contributed by atoms with Crippen molar-refractivity contribution in [2.75, 3.05) is 39.3 Å². The zero-order valence-electron chi connectivity index (χ0n) is 23.7. The van der Waals surface area contributed by atoms with E-state index < -0.39 is 0 Å². The van der Waals surface area contributed by atoms with E-state index in [2.05, 4.69) is 108 Å². The number of hydrogen-bond donors (Lipinski definition) is 1. The quantitative estimate of drug-likeness (QED) is 0.199. The summed E-state index contributed by atoms with van der Waals surface area (Å²) in [6.07, 6.45) is 11.9. The molecule has 0 radical (unpaired) electrons. The first-order valence-corrected chi connectivity index (χ1v) is 15.0. The van der Waals surface area contributed by atoms with Gasteiger partial charge in [0, 0.05) is 45.3 Å². The van der Waals surface area contributed by atoms with E-state index in [1.807, 2.05) is 42.5 Å². The monoisotopic (exact) mass is 609 g/mol. The molecule has 207 valence electrons. The third-order valence-corrected chi connectivity index (χ3v) is 7.86. The van der Waals surface area contributed by atoms with Crippen LogP contribution in [0.2, 0.25) is 0 Å². The van der Waals surface area contributed by atoms with Gasteiger partial charge in [0.15, 0.2) is 0 Å². The van der Waals surface area contributed by atoms with Crippen LogP contribution in [0.15, 0.2) is 131 Å². The predicted molar refractivity (Wildman–Crippen MR) is 170 cm³/mol. The molecule has 0 spiro atoms. The molecule has 40 heavy (non-hydrogen) atoms. The number of fused-ring (bicyclic) bond motifs is 2. The number of para-hydroxylation sites is 1. The Labute approximate surface area is 256 Å². The van der Waals surface area contributed by atoms with Crippen LogP contribution in [0.3, 0.4) is 0 Å². The molecule has 2 atom stereocenters. The summed E-state index contributed by atoms with van der Waals surface area (Å²) in [5.41, 5.74) is 3.98. The molecule has 1 N–H and O–H groups in total.